The van der Waals surface area contributed by atoms with E-state index in [4.69, 9.17) is 4.42 Å². The maximum absolute atomic E-state index is 13.3. The first-order valence-corrected chi connectivity index (χ1v) is 10.0. The molecule has 2 aromatic carbocycles. The molecule has 0 aliphatic carbocycles. The first-order valence-electron chi connectivity index (χ1n) is 10.0. The second kappa shape index (κ2) is 9.70. The van der Waals surface area contributed by atoms with Crippen molar-refractivity contribution < 1.29 is 22.4 Å². The zero-order valence-electron chi connectivity index (χ0n) is 17.4. The molecule has 0 unspecified atom stereocenters. The number of nitrogens with zero attached hydrogens (tertiary/aromatic N) is 4. The predicted molar refractivity (Wildman–Crippen MR) is 114 cm³/mol. The molecule has 0 saturated carbocycles. The maximum atomic E-state index is 13.3. The number of carbonyl (C=O) groups excluding carboxylic acids is 1. The number of aromatic nitrogens is 3. The van der Waals surface area contributed by atoms with Crippen molar-refractivity contribution >= 4 is 11.6 Å². The molecule has 1 N–H and O–H groups in total. The third-order valence-corrected chi connectivity index (χ3v) is 4.84. The molecule has 0 aliphatic rings. The zero-order valence-corrected chi connectivity index (χ0v) is 17.4. The zero-order chi connectivity index (χ0) is 23.3. The van der Waals surface area contributed by atoms with Crippen LogP contribution in [0.1, 0.15) is 16.9 Å². The second-order valence-electron chi connectivity index (χ2n) is 7.33. The average Bonchev–Trinajstić information content (AvgIpc) is 3.48. The highest BCUT2D eigenvalue weighted by Crippen LogP contribution is 2.33. The lowest BCUT2D eigenvalue weighted by molar-refractivity contribution is -0.137. The summed E-state index contributed by atoms with van der Waals surface area (Å²) in [6, 6.07) is 16.2. The second-order valence-corrected chi connectivity index (χ2v) is 7.33. The first kappa shape index (κ1) is 22.3. The summed E-state index contributed by atoms with van der Waals surface area (Å²) in [7, 11) is 0. The Morgan fingerprint density at radius 1 is 1.06 bits per heavy atom. The lowest BCUT2D eigenvalue weighted by Gasteiger charge is -2.21. The van der Waals surface area contributed by atoms with Gasteiger partial charge in [-0.15, -0.1) is 0 Å². The summed E-state index contributed by atoms with van der Waals surface area (Å²) in [6.07, 6.45) is -0.409. The van der Waals surface area contributed by atoms with Crippen molar-refractivity contribution in [3.05, 3.63) is 96.5 Å². The van der Waals surface area contributed by atoms with Crippen LogP contribution in [-0.4, -0.2) is 32.1 Å². The minimum absolute atomic E-state index is 0.0158. The fourth-order valence-corrected chi connectivity index (χ4v) is 3.37. The van der Waals surface area contributed by atoms with Crippen molar-refractivity contribution in [3.8, 4) is 5.69 Å². The molecule has 0 radical (unpaired) electrons. The van der Waals surface area contributed by atoms with Crippen molar-refractivity contribution in [2.24, 2.45) is 0 Å². The lowest BCUT2D eigenvalue weighted by atomic mass is 10.1. The number of benzene rings is 2. The summed E-state index contributed by atoms with van der Waals surface area (Å²) in [4.78, 5) is 18.6. The van der Waals surface area contributed by atoms with Gasteiger partial charge < -0.3 is 9.73 Å². The molecule has 170 valence electrons. The van der Waals surface area contributed by atoms with Gasteiger partial charge in [-0.05, 0) is 35.9 Å². The average molecular weight is 455 g/mol. The number of carbonyl (C=O) groups is 1. The van der Waals surface area contributed by atoms with E-state index < -0.39 is 17.6 Å². The van der Waals surface area contributed by atoms with Gasteiger partial charge in [0.2, 0.25) is 5.91 Å². The summed E-state index contributed by atoms with van der Waals surface area (Å²) >= 11 is 0. The van der Waals surface area contributed by atoms with Gasteiger partial charge in [-0.2, -0.15) is 18.3 Å². The van der Waals surface area contributed by atoms with Crippen molar-refractivity contribution in [2.45, 2.75) is 19.3 Å². The van der Waals surface area contributed by atoms with E-state index in [1.54, 1.807) is 18.4 Å². The number of amides is 1. The largest absolute Gasteiger partial charge is 0.468 e. The molecular weight excluding hydrogens is 435 g/mol. The monoisotopic (exact) mass is 455 g/mol. The van der Waals surface area contributed by atoms with Crippen LogP contribution in [0.25, 0.3) is 5.69 Å². The number of alkyl halides is 3. The Kier molecular flexibility index (Phi) is 6.55. The van der Waals surface area contributed by atoms with Gasteiger partial charge in [-0.1, -0.05) is 30.3 Å². The highest BCUT2D eigenvalue weighted by Gasteiger charge is 2.31. The smallest absolute Gasteiger partial charge is 0.416 e. The normalized spacial score (nSPS) is 11.6. The van der Waals surface area contributed by atoms with Gasteiger partial charge in [-0.25, -0.2) is 9.67 Å². The van der Waals surface area contributed by atoms with Crippen molar-refractivity contribution in [1.29, 1.82) is 0 Å². The molecule has 0 atom stereocenters. The minimum Gasteiger partial charge on any atom is -0.468 e. The van der Waals surface area contributed by atoms with Crippen molar-refractivity contribution in [1.82, 2.24) is 19.7 Å². The van der Waals surface area contributed by atoms with Crippen LogP contribution in [0, 0.1) is 0 Å². The topological polar surface area (TPSA) is 76.2 Å². The molecule has 1 amide bonds. The molecule has 2 heterocycles. The van der Waals surface area contributed by atoms with Crippen LogP contribution in [0.5, 0.6) is 0 Å². The van der Waals surface area contributed by atoms with Crippen molar-refractivity contribution in [3.63, 3.8) is 0 Å². The molecule has 0 saturated heterocycles. The Morgan fingerprint density at radius 3 is 2.55 bits per heavy atom. The van der Waals surface area contributed by atoms with E-state index in [1.165, 1.54) is 23.4 Å². The molecule has 0 bridgehead atoms. The third kappa shape index (κ3) is 5.86. The number of furan rings is 1. The number of anilines is 1. The molecule has 7 nitrogen and oxygen atoms in total. The number of hydrogen-bond acceptors (Lipinski definition) is 5. The molecule has 4 rings (SSSR count). The van der Waals surface area contributed by atoms with E-state index in [0.29, 0.717) is 18.8 Å². The van der Waals surface area contributed by atoms with E-state index in [9.17, 15) is 18.0 Å². The standard InChI is InChI=1S/C23H20F3N5O2/c24-23(25,26)18-8-9-21(31-16-27-15-28-31)20(11-18)29-22(32)14-30(13-19-7-4-10-33-19)12-17-5-2-1-3-6-17/h1-11,15-16H,12-14H2,(H,29,32). The van der Waals surface area contributed by atoms with E-state index in [1.807, 2.05) is 35.2 Å². The highest BCUT2D eigenvalue weighted by atomic mass is 19.4. The molecule has 0 fully saturated rings. The molecule has 4 aromatic rings. The summed E-state index contributed by atoms with van der Waals surface area (Å²) < 4.78 is 46.5. The Hall–Kier alpha value is -3.92. The molecule has 2 aromatic heterocycles. The van der Waals surface area contributed by atoms with Gasteiger partial charge in [0.1, 0.15) is 18.4 Å². The van der Waals surface area contributed by atoms with E-state index in [2.05, 4.69) is 15.4 Å². The van der Waals surface area contributed by atoms with Crippen molar-refractivity contribution in [2.75, 3.05) is 11.9 Å². The Morgan fingerprint density at radius 2 is 1.88 bits per heavy atom. The van der Waals surface area contributed by atoms with Gasteiger partial charge in [0, 0.05) is 6.54 Å². The van der Waals surface area contributed by atoms with Gasteiger partial charge in [0.05, 0.1) is 36.3 Å². The van der Waals surface area contributed by atoms with E-state index in [0.717, 1.165) is 17.7 Å². The fourth-order valence-electron chi connectivity index (χ4n) is 3.37. The molecule has 0 aliphatic heterocycles. The van der Waals surface area contributed by atoms with Crippen LogP contribution >= 0.6 is 0 Å². The van der Waals surface area contributed by atoms with Gasteiger partial charge in [0.15, 0.2) is 0 Å². The van der Waals surface area contributed by atoms with E-state index in [-0.39, 0.29) is 17.9 Å². The van der Waals surface area contributed by atoms with Crippen LogP contribution < -0.4 is 5.32 Å². The molecule has 10 heteroatoms. The number of rotatable bonds is 8. The van der Waals surface area contributed by atoms with Crippen LogP contribution in [-0.2, 0) is 24.1 Å². The summed E-state index contributed by atoms with van der Waals surface area (Å²) in [6.45, 7) is 0.740. The lowest BCUT2D eigenvalue weighted by Crippen LogP contribution is -2.32. The SMILES string of the molecule is O=C(CN(Cc1ccccc1)Cc1ccco1)Nc1cc(C(F)(F)F)ccc1-n1cncn1. The number of hydrogen-bond donors (Lipinski definition) is 1. The maximum Gasteiger partial charge on any atom is 0.416 e. The molecule has 0 spiro atoms. The predicted octanol–water partition coefficient (Wildman–Crippen LogP) is 4.52. The third-order valence-electron chi connectivity index (χ3n) is 4.84. The first-order chi connectivity index (χ1) is 15.9. The number of halogens is 3. The summed E-state index contributed by atoms with van der Waals surface area (Å²) in [5.41, 5.74) is 0.366. The van der Waals surface area contributed by atoms with Crippen LogP contribution in [0.15, 0.2) is 84.0 Å². The molecular formula is C23H20F3N5O2. The van der Waals surface area contributed by atoms with Crippen LogP contribution in [0.3, 0.4) is 0 Å². The Labute approximate surface area is 187 Å². The van der Waals surface area contributed by atoms with Gasteiger partial charge in [0.25, 0.3) is 0 Å². The minimum atomic E-state index is -4.56. The highest BCUT2D eigenvalue weighted by molar-refractivity contribution is 5.94. The summed E-state index contributed by atoms with van der Waals surface area (Å²) in [5.74, 6) is 0.194. The van der Waals surface area contributed by atoms with Gasteiger partial charge >= 0.3 is 6.18 Å². The Bertz CT molecular complexity index is 1180. The van der Waals surface area contributed by atoms with Gasteiger partial charge in [-0.3, -0.25) is 9.69 Å². The summed E-state index contributed by atoms with van der Waals surface area (Å²) in [5, 5.41) is 6.57. The van der Waals surface area contributed by atoms with E-state index >= 15 is 0 Å². The quantitative estimate of drug-likeness (QED) is 0.423. The fraction of sp³-hybridized carbons (Fsp3) is 0.174. The number of nitrogens with one attached hydrogen (secondary N) is 1. The van der Waals surface area contributed by atoms with Crippen LogP contribution in [0.2, 0.25) is 0 Å². The molecule has 33 heavy (non-hydrogen) atoms. The van der Waals surface area contributed by atoms with Crippen LogP contribution in [0.4, 0.5) is 18.9 Å². The Balaban J connectivity index is 1.56.